The summed E-state index contributed by atoms with van der Waals surface area (Å²) in [5.41, 5.74) is -1.76. The fraction of sp³-hybridized carbons (Fsp3) is 0.769. The van der Waals surface area contributed by atoms with Gasteiger partial charge in [0, 0.05) is 32.5 Å². The Morgan fingerprint density at radius 1 is 0.904 bits per heavy atom. The van der Waals surface area contributed by atoms with Crippen molar-refractivity contribution in [2.75, 3.05) is 19.6 Å². The number of likely N-dealkylation sites (tertiary alicyclic amines) is 2. The van der Waals surface area contributed by atoms with Crippen molar-refractivity contribution in [1.82, 2.24) is 31.1 Å². The summed E-state index contributed by atoms with van der Waals surface area (Å²) in [6.07, 6.45) is 5.66. The summed E-state index contributed by atoms with van der Waals surface area (Å²) >= 11 is 0. The third-order valence-corrected chi connectivity index (χ3v) is 10.9. The summed E-state index contributed by atoms with van der Waals surface area (Å²) in [4.78, 5) is 97.1. The van der Waals surface area contributed by atoms with Crippen molar-refractivity contribution in [3.05, 3.63) is 12.7 Å². The lowest BCUT2D eigenvalue weighted by Crippen LogP contribution is -2.63. The zero-order valence-corrected chi connectivity index (χ0v) is 33.1. The van der Waals surface area contributed by atoms with Gasteiger partial charge in [0.05, 0.1) is 12.1 Å². The SMILES string of the molecule is C=CCNC(=O)C(=O)C(CC1CCC1)NC(=O)[C@@H]1C(C(C)C)CCN1C(=O)[C@@H](NC(=O)N[C@H](CN1C(=O)CC(C)(C)CC1=O)C(C)(C)C)C(C)(C)C. The number of imide groups is 1. The highest BCUT2D eigenvalue weighted by molar-refractivity contribution is 6.38. The van der Waals surface area contributed by atoms with Crippen molar-refractivity contribution in [2.24, 2.45) is 34.0 Å². The number of Topliss-reactive ketones (excluding diaryl/α,β-unsaturated/α-hetero) is 1. The van der Waals surface area contributed by atoms with Gasteiger partial charge in [-0.15, -0.1) is 6.58 Å². The zero-order chi connectivity index (χ0) is 39.3. The first-order chi connectivity index (χ1) is 24.0. The van der Waals surface area contributed by atoms with E-state index in [-0.39, 0.29) is 62.0 Å². The van der Waals surface area contributed by atoms with E-state index in [1.807, 2.05) is 69.2 Å². The molecule has 1 aliphatic carbocycles. The lowest BCUT2D eigenvalue weighted by Gasteiger charge is -2.40. The van der Waals surface area contributed by atoms with Crippen molar-refractivity contribution in [2.45, 2.75) is 138 Å². The predicted molar refractivity (Wildman–Crippen MR) is 198 cm³/mol. The zero-order valence-electron chi connectivity index (χ0n) is 33.1. The van der Waals surface area contributed by atoms with Crippen LogP contribution in [0.2, 0.25) is 0 Å². The van der Waals surface area contributed by atoms with Crippen LogP contribution < -0.4 is 21.3 Å². The van der Waals surface area contributed by atoms with Crippen LogP contribution >= 0.6 is 0 Å². The molecule has 292 valence electrons. The van der Waals surface area contributed by atoms with Crippen LogP contribution in [-0.4, -0.2) is 95.0 Å². The minimum absolute atomic E-state index is 0.00437. The molecule has 0 spiro atoms. The average molecular weight is 729 g/mol. The molecule has 3 aliphatic rings. The van der Waals surface area contributed by atoms with Gasteiger partial charge in [0.15, 0.2) is 0 Å². The summed E-state index contributed by atoms with van der Waals surface area (Å²) in [6.45, 7) is 22.9. The Morgan fingerprint density at radius 2 is 1.50 bits per heavy atom. The van der Waals surface area contributed by atoms with Gasteiger partial charge in [-0.1, -0.05) is 94.6 Å². The molecule has 3 fully saturated rings. The summed E-state index contributed by atoms with van der Waals surface area (Å²) in [7, 11) is 0. The fourth-order valence-electron chi connectivity index (χ4n) is 7.34. The van der Waals surface area contributed by atoms with E-state index in [2.05, 4.69) is 27.8 Å². The van der Waals surface area contributed by atoms with Crippen LogP contribution in [0.5, 0.6) is 0 Å². The van der Waals surface area contributed by atoms with Crippen molar-refractivity contribution < 1.29 is 33.6 Å². The minimum Gasteiger partial charge on any atom is -0.346 e. The van der Waals surface area contributed by atoms with Crippen molar-refractivity contribution in [1.29, 1.82) is 0 Å². The quantitative estimate of drug-likeness (QED) is 0.120. The maximum Gasteiger partial charge on any atom is 0.315 e. The second-order valence-corrected chi connectivity index (χ2v) is 18.4. The van der Waals surface area contributed by atoms with E-state index in [0.717, 1.165) is 19.3 Å². The molecule has 0 aromatic heterocycles. The van der Waals surface area contributed by atoms with Gasteiger partial charge in [0.25, 0.3) is 5.91 Å². The lowest BCUT2D eigenvalue weighted by molar-refractivity contribution is -0.153. The molecule has 5 atom stereocenters. The van der Waals surface area contributed by atoms with Crippen LogP contribution in [-0.2, 0) is 28.8 Å². The first-order valence-electron chi connectivity index (χ1n) is 18.9. The van der Waals surface area contributed by atoms with E-state index in [1.54, 1.807) is 0 Å². The van der Waals surface area contributed by atoms with Gasteiger partial charge in [-0.25, -0.2) is 4.79 Å². The van der Waals surface area contributed by atoms with Crippen molar-refractivity contribution >= 4 is 41.4 Å². The molecule has 2 unspecified atom stereocenters. The molecule has 13 nitrogen and oxygen atoms in total. The van der Waals surface area contributed by atoms with E-state index < -0.39 is 69.9 Å². The van der Waals surface area contributed by atoms with Crippen molar-refractivity contribution in [3.63, 3.8) is 0 Å². The highest BCUT2D eigenvalue weighted by Crippen LogP contribution is 2.35. The smallest absolute Gasteiger partial charge is 0.315 e. The second-order valence-electron chi connectivity index (χ2n) is 18.4. The normalized spacial score (nSPS) is 22.6. The number of amides is 7. The fourth-order valence-corrected chi connectivity index (χ4v) is 7.34. The molecule has 4 N–H and O–H groups in total. The summed E-state index contributed by atoms with van der Waals surface area (Å²) in [6, 6.07) is -4.26. The Balaban J connectivity index is 1.84. The number of nitrogens with zero attached hydrogens (tertiary/aromatic N) is 2. The molecule has 0 aromatic rings. The number of carbonyl (C=O) groups excluding carboxylic acids is 7. The molecule has 7 amide bonds. The van der Waals surface area contributed by atoms with E-state index in [9.17, 15) is 33.6 Å². The molecule has 2 heterocycles. The molecular weight excluding hydrogens is 664 g/mol. The molecule has 0 aromatic carbocycles. The van der Waals surface area contributed by atoms with Gasteiger partial charge in [-0.2, -0.15) is 0 Å². The monoisotopic (exact) mass is 728 g/mol. The number of carbonyl (C=O) groups is 7. The molecule has 13 heteroatoms. The topological polar surface area (TPSA) is 174 Å². The Labute approximate surface area is 310 Å². The number of rotatable bonds is 14. The van der Waals surface area contributed by atoms with E-state index >= 15 is 0 Å². The van der Waals surface area contributed by atoms with Crippen LogP contribution in [0.15, 0.2) is 12.7 Å². The highest BCUT2D eigenvalue weighted by atomic mass is 16.2. The first kappa shape index (κ1) is 42.6. The molecule has 0 radical (unpaired) electrons. The van der Waals surface area contributed by atoms with Crippen LogP contribution in [0.1, 0.15) is 114 Å². The first-order valence-corrected chi connectivity index (χ1v) is 18.9. The second kappa shape index (κ2) is 16.9. The van der Waals surface area contributed by atoms with E-state index in [4.69, 9.17) is 0 Å². The van der Waals surface area contributed by atoms with Gasteiger partial charge in [-0.3, -0.25) is 33.7 Å². The van der Waals surface area contributed by atoms with Gasteiger partial charge in [0.2, 0.25) is 29.4 Å². The number of nitrogens with one attached hydrogen (secondary N) is 4. The number of hydrogen-bond donors (Lipinski definition) is 4. The molecule has 52 heavy (non-hydrogen) atoms. The third kappa shape index (κ3) is 10.9. The molecule has 0 bridgehead atoms. The van der Waals surface area contributed by atoms with Crippen LogP contribution in [0.3, 0.4) is 0 Å². The molecular formula is C39H64N6O7. The van der Waals surface area contributed by atoms with Gasteiger partial charge < -0.3 is 26.2 Å². The largest absolute Gasteiger partial charge is 0.346 e. The minimum atomic E-state index is -1.05. The summed E-state index contributed by atoms with van der Waals surface area (Å²) < 4.78 is 0. The highest BCUT2D eigenvalue weighted by Gasteiger charge is 2.48. The standard InChI is InChI=1S/C39H64N6O7/c1-12-17-40-34(50)31(48)26(19-24-14-13-15-24)41-33(49)30-25(23(2)3)16-18-44(30)35(51)32(38(7,8)9)43-36(52)42-27(37(4,5)6)22-45-28(46)20-39(10,11)21-29(45)47/h12,23-27,30,32H,1,13-22H2,2-11H3,(H,40,50)(H,41,49)(H2,42,43,52)/t25?,26?,27-,30+,32-/m1/s1. The maximum atomic E-state index is 14.5. The van der Waals surface area contributed by atoms with Gasteiger partial charge >= 0.3 is 6.03 Å². The molecule has 2 saturated heterocycles. The molecule has 2 aliphatic heterocycles. The molecule has 1 saturated carbocycles. The Kier molecular flexibility index (Phi) is 13.9. The van der Waals surface area contributed by atoms with E-state index in [1.165, 1.54) is 15.9 Å². The van der Waals surface area contributed by atoms with Gasteiger partial charge in [-0.05, 0) is 46.8 Å². The molecule has 3 rings (SSSR count). The van der Waals surface area contributed by atoms with Crippen LogP contribution in [0.25, 0.3) is 0 Å². The Bertz CT molecular complexity index is 1370. The predicted octanol–water partition coefficient (Wildman–Crippen LogP) is 3.71. The number of urea groups is 1. The summed E-state index contributed by atoms with van der Waals surface area (Å²) in [5, 5.41) is 11.2. The Hall–Kier alpha value is -3.77. The number of ketones is 1. The van der Waals surface area contributed by atoms with E-state index in [0.29, 0.717) is 12.8 Å². The average Bonchev–Trinajstić information content (AvgIpc) is 3.44. The third-order valence-electron chi connectivity index (χ3n) is 10.9. The lowest BCUT2D eigenvalue weighted by atomic mass is 9.80. The Morgan fingerprint density at radius 3 is 1.98 bits per heavy atom. The number of piperidine rings is 1. The van der Waals surface area contributed by atoms with Crippen LogP contribution in [0.4, 0.5) is 4.79 Å². The van der Waals surface area contributed by atoms with Crippen LogP contribution in [0, 0.1) is 34.0 Å². The summed E-state index contributed by atoms with van der Waals surface area (Å²) in [5.74, 6) is -3.01. The number of hydrogen-bond acceptors (Lipinski definition) is 7. The van der Waals surface area contributed by atoms with Crippen molar-refractivity contribution in [3.8, 4) is 0 Å². The van der Waals surface area contributed by atoms with Gasteiger partial charge in [0.1, 0.15) is 12.1 Å². The maximum absolute atomic E-state index is 14.5.